The Kier molecular flexibility index (Phi) is 3.43. The molecule has 3 nitrogen and oxygen atoms in total. The monoisotopic (exact) mass is 117 g/mol. The third kappa shape index (κ3) is 2.07. The van der Waals surface area contributed by atoms with E-state index in [1.165, 1.54) is 6.08 Å². The van der Waals surface area contributed by atoms with Crippen molar-refractivity contribution in [2.75, 3.05) is 6.54 Å². The normalized spacial score (nSPS) is 17.4. The summed E-state index contributed by atoms with van der Waals surface area (Å²) in [5.41, 5.74) is 4.99. The number of aliphatic hydroxyl groups is 2. The Morgan fingerprint density at radius 1 is 1.62 bits per heavy atom. The molecule has 0 aromatic heterocycles. The van der Waals surface area contributed by atoms with E-state index in [2.05, 4.69) is 6.58 Å². The van der Waals surface area contributed by atoms with Gasteiger partial charge >= 0.3 is 0 Å². The molecule has 2 atom stereocenters. The van der Waals surface area contributed by atoms with Crippen molar-refractivity contribution in [3.63, 3.8) is 0 Å². The van der Waals surface area contributed by atoms with Gasteiger partial charge in [-0.05, 0) is 0 Å². The molecule has 0 heterocycles. The molecule has 0 radical (unpaired) electrons. The highest BCUT2D eigenvalue weighted by Gasteiger charge is 2.08. The molecular formula is C5H11NO2. The minimum absolute atomic E-state index is 0.0627. The number of nitrogens with two attached hydrogens (primary N) is 1. The van der Waals surface area contributed by atoms with E-state index in [0.717, 1.165) is 0 Å². The number of hydrogen-bond acceptors (Lipinski definition) is 3. The predicted molar refractivity (Wildman–Crippen MR) is 31.3 cm³/mol. The summed E-state index contributed by atoms with van der Waals surface area (Å²) in [5, 5.41) is 17.4. The van der Waals surface area contributed by atoms with Crippen LogP contribution >= 0.6 is 0 Å². The highest BCUT2D eigenvalue weighted by atomic mass is 16.3. The Hall–Kier alpha value is -0.380. The summed E-state index contributed by atoms with van der Waals surface area (Å²) in [6.45, 7) is 3.33. The van der Waals surface area contributed by atoms with Crippen molar-refractivity contribution >= 4 is 0 Å². The average molecular weight is 117 g/mol. The molecule has 0 rings (SSSR count). The van der Waals surface area contributed by atoms with Crippen LogP contribution in [0, 0.1) is 0 Å². The summed E-state index contributed by atoms with van der Waals surface area (Å²) < 4.78 is 0. The average Bonchev–Trinajstić information content (AvgIpc) is 1.84. The molecule has 0 aliphatic heterocycles. The van der Waals surface area contributed by atoms with Gasteiger partial charge in [0.25, 0.3) is 0 Å². The zero-order chi connectivity index (χ0) is 6.57. The van der Waals surface area contributed by atoms with E-state index in [1.54, 1.807) is 0 Å². The van der Waals surface area contributed by atoms with Crippen molar-refractivity contribution in [3.8, 4) is 0 Å². The van der Waals surface area contributed by atoms with Gasteiger partial charge in [-0.2, -0.15) is 0 Å². The lowest BCUT2D eigenvalue weighted by Crippen LogP contribution is -2.31. The SMILES string of the molecule is C=C[C@@H](O)[C@H](O)CN. The second kappa shape index (κ2) is 3.60. The van der Waals surface area contributed by atoms with Gasteiger partial charge in [0.1, 0.15) is 0 Å². The van der Waals surface area contributed by atoms with Gasteiger partial charge in [0.05, 0.1) is 12.2 Å². The summed E-state index contributed by atoms with van der Waals surface area (Å²) in [4.78, 5) is 0. The number of aliphatic hydroxyl groups excluding tert-OH is 2. The molecule has 8 heavy (non-hydrogen) atoms. The van der Waals surface area contributed by atoms with Crippen LogP contribution < -0.4 is 5.73 Å². The zero-order valence-electron chi connectivity index (χ0n) is 4.62. The van der Waals surface area contributed by atoms with Crippen LogP contribution in [0.5, 0.6) is 0 Å². The number of rotatable bonds is 3. The molecule has 0 aromatic carbocycles. The van der Waals surface area contributed by atoms with Gasteiger partial charge in [0.15, 0.2) is 0 Å². The first-order chi connectivity index (χ1) is 3.72. The third-order valence-electron chi connectivity index (χ3n) is 0.877. The zero-order valence-corrected chi connectivity index (χ0v) is 4.62. The first-order valence-electron chi connectivity index (χ1n) is 2.41. The van der Waals surface area contributed by atoms with Crippen LogP contribution in [-0.2, 0) is 0 Å². The van der Waals surface area contributed by atoms with E-state index >= 15 is 0 Å². The van der Waals surface area contributed by atoms with Crippen molar-refractivity contribution in [1.82, 2.24) is 0 Å². The maximum atomic E-state index is 8.68. The van der Waals surface area contributed by atoms with Crippen molar-refractivity contribution in [2.45, 2.75) is 12.2 Å². The molecule has 0 amide bonds. The molecule has 0 saturated carbocycles. The standard InChI is InChI=1S/C5H11NO2/c1-2-4(7)5(8)3-6/h2,4-5,7-8H,1,3,6H2/t4-,5-/m1/s1. The molecule has 3 heteroatoms. The van der Waals surface area contributed by atoms with Crippen LogP contribution in [0.4, 0.5) is 0 Å². The van der Waals surface area contributed by atoms with Crippen molar-refractivity contribution in [3.05, 3.63) is 12.7 Å². The molecule has 0 unspecified atom stereocenters. The number of hydrogen-bond donors (Lipinski definition) is 3. The minimum atomic E-state index is -0.889. The van der Waals surface area contributed by atoms with Crippen LogP contribution in [0.3, 0.4) is 0 Å². The molecule has 0 fully saturated rings. The molecule has 0 aliphatic rings. The van der Waals surface area contributed by atoms with Gasteiger partial charge in [-0.1, -0.05) is 6.08 Å². The maximum Gasteiger partial charge on any atom is 0.0989 e. The first kappa shape index (κ1) is 7.62. The topological polar surface area (TPSA) is 66.5 Å². The molecule has 0 bridgehead atoms. The van der Waals surface area contributed by atoms with Crippen LogP contribution in [0.25, 0.3) is 0 Å². The van der Waals surface area contributed by atoms with Gasteiger partial charge < -0.3 is 15.9 Å². The van der Waals surface area contributed by atoms with E-state index in [9.17, 15) is 0 Å². The molecule has 0 spiro atoms. The highest BCUT2D eigenvalue weighted by molar-refractivity contribution is 4.84. The molecule has 0 aliphatic carbocycles. The van der Waals surface area contributed by atoms with Crippen molar-refractivity contribution < 1.29 is 10.2 Å². The van der Waals surface area contributed by atoms with Gasteiger partial charge in [-0.25, -0.2) is 0 Å². The second-order valence-electron chi connectivity index (χ2n) is 1.53. The molecule has 0 aromatic rings. The van der Waals surface area contributed by atoms with E-state index in [1.807, 2.05) is 0 Å². The fourth-order valence-electron chi connectivity index (χ4n) is 0.297. The highest BCUT2D eigenvalue weighted by Crippen LogP contribution is 1.89. The van der Waals surface area contributed by atoms with Gasteiger partial charge in [-0.15, -0.1) is 6.58 Å². The van der Waals surface area contributed by atoms with E-state index < -0.39 is 12.2 Å². The smallest absolute Gasteiger partial charge is 0.0989 e. The Balaban J connectivity index is 3.44. The predicted octanol–water partition coefficient (Wildman–Crippen LogP) is -1.15. The summed E-state index contributed by atoms with van der Waals surface area (Å²) in [6.07, 6.45) is -0.509. The summed E-state index contributed by atoms with van der Waals surface area (Å²) in [7, 11) is 0. The lowest BCUT2D eigenvalue weighted by Gasteiger charge is -2.09. The molecule has 0 saturated heterocycles. The fourth-order valence-corrected chi connectivity index (χ4v) is 0.297. The summed E-state index contributed by atoms with van der Waals surface area (Å²) in [6, 6.07) is 0. The van der Waals surface area contributed by atoms with Crippen LogP contribution in [0.2, 0.25) is 0 Å². The van der Waals surface area contributed by atoms with Crippen molar-refractivity contribution in [2.24, 2.45) is 5.73 Å². The fraction of sp³-hybridized carbons (Fsp3) is 0.600. The lowest BCUT2D eigenvalue weighted by molar-refractivity contribution is 0.0552. The third-order valence-corrected chi connectivity index (χ3v) is 0.877. The minimum Gasteiger partial charge on any atom is -0.389 e. The Morgan fingerprint density at radius 3 is 2.25 bits per heavy atom. The van der Waals surface area contributed by atoms with Crippen LogP contribution in [0.1, 0.15) is 0 Å². The van der Waals surface area contributed by atoms with Crippen LogP contribution in [0.15, 0.2) is 12.7 Å². The van der Waals surface area contributed by atoms with Crippen molar-refractivity contribution in [1.29, 1.82) is 0 Å². The Labute approximate surface area is 48.4 Å². The largest absolute Gasteiger partial charge is 0.389 e. The Bertz CT molecular complexity index is 74.8. The first-order valence-corrected chi connectivity index (χ1v) is 2.41. The quantitative estimate of drug-likeness (QED) is 0.409. The van der Waals surface area contributed by atoms with Crippen LogP contribution in [-0.4, -0.2) is 29.0 Å². The van der Waals surface area contributed by atoms with Gasteiger partial charge in [0, 0.05) is 6.54 Å². The molecular weight excluding hydrogens is 106 g/mol. The summed E-state index contributed by atoms with van der Waals surface area (Å²) in [5.74, 6) is 0. The Morgan fingerprint density at radius 2 is 2.12 bits per heavy atom. The van der Waals surface area contributed by atoms with Gasteiger partial charge in [0.2, 0.25) is 0 Å². The van der Waals surface area contributed by atoms with E-state index in [4.69, 9.17) is 15.9 Å². The van der Waals surface area contributed by atoms with E-state index in [-0.39, 0.29) is 6.54 Å². The van der Waals surface area contributed by atoms with Gasteiger partial charge in [-0.3, -0.25) is 0 Å². The second-order valence-corrected chi connectivity index (χ2v) is 1.53. The lowest BCUT2D eigenvalue weighted by atomic mass is 10.2. The molecule has 4 N–H and O–H groups in total. The molecule has 48 valence electrons. The summed E-state index contributed by atoms with van der Waals surface area (Å²) >= 11 is 0. The van der Waals surface area contributed by atoms with E-state index in [0.29, 0.717) is 0 Å². The maximum absolute atomic E-state index is 8.68.